The van der Waals surface area contributed by atoms with Crippen molar-refractivity contribution in [3.63, 3.8) is 0 Å². The number of benzene rings is 11. The molecule has 0 unspecified atom stereocenters. The Kier molecular flexibility index (Phi) is 8.39. The molecule has 0 atom stereocenters. The molecule has 1 aliphatic heterocycles. The minimum absolute atomic E-state index is 0. The molecule has 0 N–H and O–H groups in total. The normalized spacial score (nSPS) is 15.4. The number of hydrogen-bond acceptors (Lipinski definition) is 3. The second-order valence-corrected chi connectivity index (χ2v) is 21.7. The summed E-state index contributed by atoms with van der Waals surface area (Å²) in [6, 6.07) is 40.6. The van der Waals surface area contributed by atoms with Crippen LogP contribution in [0.5, 0.6) is 11.5 Å². The van der Waals surface area contributed by atoms with E-state index in [-0.39, 0.29) is 122 Å². The average molecular weight is 1290 g/mol. The number of aromatic nitrogens is 4. The monoisotopic (exact) mass is 1290 g/mol. The zero-order valence-corrected chi connectivity index (χ0v) is 47.7. The molecule has 410 valence electrons. The Morgan fingerprint density at radius 2 is 1.20 bits per heavy atom. The van der Waals surface area contributed by atoms with E-state index in [1.54, 1.807) is 54.7 Å². The maximum absolute atomic E-state index is 10.2. The predicted molar refractivity (Wildman–Crippen MR) is 342 cm³/mol. The number of imidazole rings is 1. The van der Waals surface area contributed by atoms with Crippen LogP contribution >= 0.6 is 0 Å². The van der Waals surface area contributed by atoms with Gasteiger partial charge in [0.05, 0.1) is 34.5 Å². The maximum atomic E-state index is 10.2. The van der Waals surface area contributed by atoms with E-state index in [0.717, 1.165) is 21.9 Å². The summed E-state index contributed by atoms with van der Waals surface area (Å²) in [6.07, 6.45) is 5.32. The van der Waals surface area contributed by atoms with Crippen molar-refractivity contribution >= 4 is 54.8 Å². The topological polar surface area (TPSA) is 49.0 Å². The van der Waals surface area contributed by atoms with E-state index in [1.807, 2.05) is 71.3 Å². The van der Waals surface area contributed by atoms with E-state index >= 15 is 0 Å². The second kappa shape index (κ2) is 20.2. The van der Waals surface area contributed by atoms with Gasteiger partial charge in [-0.15, -0.1) is 29.7 Å². The molecule has 15 aromatic rings. The summed E-state index contributed by atoms with van der Waals surface area (Å²) >= 11 is 0. The van der Waals surface area contributed by atoms with Gasteiger partial charge in [0.25, 0.3) is 6.33 Å². The van der Waals surface area contributed by atoms with Crippen molar-refractivity contribution in [2.24, 2.45) is 0 Å². The van der Waals surface area contributed by atoms with Crippen molar-refractivity contribution in [3.8, 4) is 95.5 Å². The fourth-order valence-electron chi connectivity index (χ4n) is 11.8. The summed E-state index contributed by atoms with van der Waals surface area (Å²) in [5.74, 6) is 1.07. The zero-order chi connectivity index (χ0) is 72.7. The van der Waals surface area contributed by atoms with Crippen molar-refractivity contribution in [1.82, 2.24) is 14.1 Å². The van der Waals surface area contributed by atoms with E-state index in [9.17, 15) is 13.7 Å². The molecule has 0 amide bonds. The maximum Gasteiger partial charge on any atom is 0.268 e. The molecule has 0 fully saturated rings. The van der Waals surface area contributed by atoms with Crippen LogP contribution in [0.4, 0.5) is 0 Å². The smallest absolute Gasteiger partial charge is 0.268 e. The standard InChI is InChI=1S/C78H54N4O2.Pt/c1-48-19-17-20-49(2)75(48)53-41-65(51-33-36-73-66(39-51)64-30-14-16-32-72(64)84-73)76-67(42-53)60-27-11-9-25-58(60)59-26-10-12-28-61(59)68-40-52(50-21-7-6-8-22-50)43-71-77(68)81(76)47-80(71)55-23-18-24-56(45-55)83-57-34-35-63-62-29-13-15-31-69(62)82(70(63)46-57)74-44-54(37-38-79-74)78(3,4)5;/h6-44H,1-5H3;/q-2;/i1D3,2D3,6D,7D,8D,9D,10D,11D,12D,21D,22D,25D,26D,27D,28D;. The van der Waals surface area contributed by atoms with Gasteiger partial charge in [-0.2, -0.15) is 18.2 Å². The first-order valence-corrected chi connectivity index (χ1v) is 27.1. The van der Waals surface area contributed by atoms with Gasteiger partial charge >= 0.3 is 0 Å². The van der Waals surface area contributed by atoms with Gasteiger partial charge in [0.15, 0.2) is 0 Å². The number of pyridine rings is 1. The number of nitrogens with zero attached hydrogens (tertiary/aromatic N) is 4. The molecule has 6 nitrogen and oxygen atoms in total. The molecule has 0 radical (unpaired) electrons. The summed E-state index contributed by atoms with van der Waals surface area (Å²) in [4.78, 5) is 4.84. The van der Waals surface area contributed by atoms with Crippen LogP contribution in [0.2, 0.25) is 0 Å². The Morgan fingerprint density at radius 3 is 1.98 bits per heavy atom. The number of hydrogen-bond donors (Lipinski definition) is 0. The summed E-state index contributed by atoms with van der Waals surface area (Å²) in [5, 5.41) is 3.09. The molecule has 0 spiro atoms. The number of ether oxygens (including phenoxy) is 1. The van der Waals surface area contributed by atoms with Crippen LogP contribution < -0.4 is 9.30 Å². The van der Waals surface area contributed by atoms with E-state index in [0.29, 0.717) is 38.8 Å². The molecule has 4 aromatic heterocycles. The molecule has 0 saturated heterocycles. The third kappa shape index (κ3) is 8.57. The third-order valence-electron chi connectivity index (χ3n) is 15.7. The van der Waals surface area contributed by atoms with Crippen molar-refractivity contribution in [2.45, 2.75) is 39.9 Å². The van der Waals surface area contributed by atoms with Gasteiger partial charge in [-0.05, 0) is 168 Å². The first-order valence-electron chi connectivity index (χ1n) is 36.6. The molecule has 1 aliphatic rings. The number of rotatable bonds is 7. The minimum Gasteiger partial charge on any atom is -0.510 e. The van der Waals surface area contributed by atoms with E-state index in [1.165, 1.54) is 45.5 Å². The number of furan rings is 1. The van der Waals surface area contributed by atoms with Crippen LogP contribution in [-0.4, -0.2) is 14.1 Å². The molecule has 0 aliphatic carbocycles. The molecule has 11 aromatic carbocycles. The van der Waals surface area contributed by atoms with Gasteiger partial charge in [-0.25, -0.2) is 4.98 Å². The SMILES string of the molecule is [2H]c1c([2H])c([2H])c(-c2cc3c4c(c2)n(-c2[c-]c(Oc5[c-]c6c(cc5)c5ccccc5n6-c5cc(C(C)(C)C)ccn5)ccc2)[c-][n+]4-c2c(-c4ccc5oc6ccccc6c5c4)cc(-c4c(C([2H])([2H])[2H])cccc4C([2H])([2H])[2H])cc2-c2c([2H])c([2H])c([2H])c([2H])c2-c2c([2H])c([2H])c([2H])c([2H])c2-3)c([2H])c1[2H].[Pt]. The molecule has 85 heavy (non-hydrogen) atoms. The molecular weight excluding hydrogens is 1220 g/mol. The number of aryl methyl sites for hydroxylation is 2. The quantitative estimate of drug-likeness (QED) is 0.118. The Hall–Kier alpha value is -9.87. The largest absolute Gasteiger partial charge is 0.510 e. The van der Waals surface area contributed by atoms with Gasteiger partial charge in [-0.3, -0.25) is 4.57 Å². The van der Waals surface area contributed by atoms with Gasteiger partial charge in [0, 0.05) is 63.3 Å². The van der Waals surface area contributed by atoms with Gasteiger partial charge in [0.2, 0.25) is 0 Å². The fourth-order valence-corrected chi connectivity index (χ4v) is 11.8. The molecule has 7 heteroatoms. The summed E-state index contributed by atoms with van der Waals surface area (Å²) < 4.78 is 196. The average Bonchev–Trinajstić information content (AvgIpc) is 1.47. The summed E-state index contributed by atoms with van der Waals surface area (Å²) in [5.41, 5.74) is 0.933. The van der Waals surface area contributed by atoms with Gasteiger partial charge < -0.3 is 18.3 Å². The molecule has 16 rings (SSSR count). The van der Waals surface area contributed by atoms with Crippen LogP contribution in [0.1, 0.15) is 63.5 Å². The van der Waals surface area contributed by atoms with E-state index in [2.05, 4.69) is 39.2 Å². The van der Waals surface area contributed by atoms with Gasteiger partial charge in [0.1, 0.15) is 17.0 Å². The minimum atomic E-state index is -2.98. The van der Waals surface area contributed by atoms with Crippen molar-refractivity contribution in [1.29, 1.82) is 0 Å². The van der Waals surface area contributed by atoms with Crippen molar-refractivity contribution < 1.29 is 60.8 Å². The number of fused-ring (bicyclic) bond motifs is 13. The van der Waals surface area contributed by atoms with Crippen LogP contribution in [0, 0.1) is 32.2 Å². The molecule has 0 saturated carbocycles. The Bertz CT molecular complexity index is 6180. The first-order chi connectivity index (χ1) is 48.9. The van der Waals surface area contributed by atoms with Crippen LogP contribution in [0.15, 0.2) is 241 Å². The third-order valence-corrected chi connectivity index (χ3v) is 15.7. The van der Waals surface area contributed by atoms with Crippen molar-refractivity contribution in [3.05, 3.63) is 272 Å². The molecular formula is C78H54N4O2Pt-2. The van der Waals surface area contributed by atoms with Gasteiger partial charge in [-0.1, -0.05) is 172 Å². The molecule has 0 bridgehead atoms. The Balaban J connectivity index is 0.00000870. The first kappa shape index (κ1) is 35.3. The molecule has 5 heterocycles. The van der Waals surface area contributed by atoms with Crippen LogP contribution in [0.3, 0.4) is 0 Å². The predicted octanol–water partition coefficient (Wildman–Crippen LogP) is 19.7. The Morgan fingerprint density at radius 1 is 0.529 bits per heavy atom. The summed E-state index contributed by atoms with van der Waals surface area (Å²) in [6.45, 7) is 0.425. The van der Waals surface area contributed by atoms with Crippen molar-refractivity contribution in [2.75, 3.05) is 0 Å². The van der Waals surface area contributed by atoms with Crippen LogP contribution in [-0.2, 0) is 26.5 Å². The van der Waals surface area contributed by atoms with E-state index in [4.69, 9.17) is 26.5 Å². The fraction of sp³-hybridized carbons (Fsp3) is 0.0769. The number of para-hydroxylation sites is 2. The Labute approximate surface area is 534 Å². The summed E-state index contributed by atoms with van der Waals surface area (Å²) in [7, 11) is 0. The second-order valence-electron chi connectivity index (χ2n) is 21.7. The van der Waals surface area contributed by atoms with Crippen LogP contribution in [0.25, 0.3) is 139 Å². The van der Waals surface area contributed by atoms with E-state index < -0.39 is 103 Å². The zero-order valence-electron chi connectivity index (χ0n) is 64.4.